The van der Waals surface area contributed by atoms with Crippen LogP contribution in [0.5, 0.6) is 0 Å². The Balaban J connectivity index is 1.85. The minimum Gasteiger partial charge on any atom is -0.323 e. The zero-order valence-electron chi connectivity index (χ0n) is 15.8. The molecule has 0 unspecified atom stereocenters. The minimum atomic E-state index is 1.02. The van der Waals surface area contributed by atoms with Gasteiger partial charge in [-0.25, -0.2) is 4.57 Å². The zero-order chi connectivity index (χ0) is 18.0. The van der Waals surface area contributed by atoms with Gasteiger partial charge in [0.25, 0.3) is 0 Å². The van der Waals surface area contributed by atoms with Crippen LogP contribution in [0, 0.1) is 20.8 Å². The Morgan fingerprint density at radius 3 is 2.58 bits per heavy atom. The van der Waals surface area contributed by atoms with Gasteiger partial charge in [0.2, 0.25) is 5.69 Å². The van der Waals surface area contributed by atoms with Crippen LogP contribution in [0.15, 0.2) is 55.0 Å². The Morgan fingerprint density at radius 2 is 1.73 bits per heavy atom. The molecule has 0 fully saturated rings. The molecule has 0 saturated heterocycles. The first-order valence-corrected chi connectivity index (χ1v) is 9.22. The van der Waals surface area contributed by atoms with Crippen LogP contribution in [-0.4, -0.2) is 4.40 Å². The van der Waals surface area contributed by atoms with Crippen LogP contribution in [0.3, 0.4) is 0 Å². The predicted molar refractivity (Wildman–Crippen MR) is 106 cm³/mol. The molecule has 0 amide bonds. The molecule has 4 aromatic rings. The topological polar surface area (TPSA) is 8.29 Å². The second kappa shape index (κ2) is 5.31. The molecule has 0 bridgehead atoms. The number of hydrogen-bond donors (Lipinski definition) is 0. The van der Waals surface area contributed by atoms with E-state index in [4.69, 9.17) is 0 Å². The van der Waals surface area contributed by atoms with E-state index in [1.54, 1.807) is 0 Å². The first-order valence-electron chi connectivity index (χ1n) is 9.22. The lowest BCUT2D eigenvalue weighted by Crippen LogP contribution is -2.31. The van der Waals surface area contributed by atoms with E-state index in [0.29, 0.717) is 0 Å². The molecular formula is C24H23N2+. The Hall–Kier alpha value is -2.87. The van der Waals surface area contributed by atoms with Crippen molar-refractivity contribution in [3.8, 4) is 22.4 Å². The van der Waals surface area contributed by atoms with E-state index in [2.05, 4.69) is 91.8 Å². The molecule has 0 atom stereocenters. The van der Waals surface area contributed by atoms with Crippen molar-refractivity contribution in [2.24, 2.45) is 7.05 Å². The van der Waals surface area contributed by atoms with Crippen molar-refractivity contribution in [1.29, 1.82) is 0 Å². The summed E-state index contributed by atoms with van der Waals surface area (Å²) in [4.78, 5) is 0. The summed E-state index contributed by atoms with van der Waals surface area (Å²) in [5.74, 6) is 0. The van der Waals surface area contributed by atoms with E-state index in [0.717, 1.165) is 6.42 Å². The van der Waals surface area contributed by atoms with E-state index < -0.39 is 0 Å². The second-order valence-electron chi connectivity index (χ2n) is 7.66. The Bertz CT molecular complexity index is 1190. The van der Waals surface area contributed by atoms with Crippen molar-refractivity contribution in [2.45, 2.75) is 27.2 Å². The van der Waals surface area contributed by atoms with Gasteiger partial charge in [0, 0.05) is 40.7 Å². The third-order valence-electron chi connectivity index (χ3n) is 5.90. The van der Waals surface area contributed by atoms with Gasteiger partial charge in [0.15, 0.2) is 6.20 Å². The Kier molecular flexibility index (Phi) is 3.14. The van der Waals surface area contributed by atoms with Crippen molar-refractivity contribution in [2.75, 3.05) is 0 Å². The van der Waals surface area contributed by atoms with Crippen LogP contribution in [0.25, 0.3) is 27.9 Å². The monoisotopic (exact) mass is 339 g/mol. The highest BCUT2D eigenvalue weighted by Gasteiger charge is 2.27. The molecule has 0 radical (unpaired) electrons. The highest BCUT2D eigenvalue weighted by Crippen LogP contribution is 2.44. The maximum absolute atomic E-state index is 2.34. The summed E-state index contributed by atoms with van der Waals surface area (Å²) in [6.45, 7) is 6.62. The molecular weight excluding hydrogens is 316 g/mol. The summed E-state index contributed by atoms with van der Waals surface area (Å²) < 4.78 is 4.51. The maximum atomic E-state index is 2.34. The van der Waals surface area contributed by atoms with Gasteiger partial charge in [0.1, 0.15) is 7.05 Å². The lowest BCUT2D eigenvalue weighted by atomic mass is 9.92. The number of hydrogen-bond acceptors (Lipinski definition) is 0. The summed E-state index contributed by atoms with van der Waals surface area (Å²) in [5.41, 5.74) is 13.6. The lowest BCUT2D eigenvalue weighted by molar-refractivity contribution is -0.660. The zero-order valence-corrected chi connectivity index (χ0v) is 15.8. The molecule has 1 aromatic carbocycles. The van der Waals surface area contributed by atoms with Gasteiger partial charge in [-0.05, 0) is 67.6 Å². The van der Waals surface area contributed by atoms with Crippen LogP contribution in [-0.2, 0) is 13.5 Å². The van der Waals surface area contributed by atoms with E-state index in [1.807, 2.05) is 0 Å². The smallest absolute Gasteiger partial charge is 0.213 e. The molecule has 1 aliphatic carbocycles. The van der Waals surface area contributed by atoms with Crippen molar-refractivity contribution in [1.82, 2.24) is 4.40 Å². The van der Waals surface area contributed by atoms with E-state index in [-0.39, 0.29) is 0 Å². The number of benzene rings is 1. The molecule has 3 aromatic heterocycles. The van der Waals surface area contributed by atoms with Crippen LogP contribution in [0.2, 0.25) is 0 Å². The van der Waals surface area contributed by atoms with Crippen molar-refractivity contribution >= 4 is 5.52 Å². The van der Waals surface area contributed by atoms with Gasteiger partial charge in [-0.2, -0.15) is 0 Å². The molecule has 0 spiro atoms. The molecule has 0 saturated carbocycles. The largest absolute Gasteiger partial charge is 0.323 e. The summed E-state index contributed by atoms with van der Waals surface area (Å²) in [5, 5.41) is 0. The Morgan fingerprint density at radius 1 is 0.885 bits per heavy atom. The maximum Gasteiger partial charge on any atom is 0.213 e. The normalized spacial score (nSPS) is 12.5. The molecule has 3 heterocycles. The number of rotatable bonds is 1. The molecule has 2 nitrogen and oxygen atoms in total. The van der Waals surface area contributed by atoms with Crippen LogP contribution in [0.4, 0.5) is 0 Å². The van der Waals surface area contributed by atoms with E-state index in [9.17, 15) is 0 Å². The molecule has 5 rings (SSSR count). The molecule has 128 valence electrons. The number of nitrogens with zero attached hydrogens (tertiary/aromatic N) is 2. The minimum absolute atomic E-state index is 1.02. The fourth-order valence-electron chi connectivity index (χ4n) is 4.37. The molecule has 26 heavy (non-hydrogen) atoms. The summed E-state index contributed by atoms with van der Waals surface area (Å²) >= 11 is 0. The van der Waals surface area contributed by atoms with Crippen LogP contribution < -0.4 is 4.57 Å². The quantitative estimate of drug-likeness (QED) is 0.383. The number of aryl methyl sites for hydroxylation is 4. The van der Waals surface area contributed by atoms with Gasteiger partial charge in [-0.15, -0.1) is 0 Å². The molecule has 0 aliphatic heterocycles. The summed E-state index contributed by atoms with van der Waals surface area (Å²) in [6.07, 6.45) is 7.71. The summed E-state index contributed by atoms with van der Waals surface area (Å²) in [6, 6.07) is 13.6. The Labute approximate surface area is 154 Å². The van der Waals surface area contributed by atoms with Crippen molar-refractivity contribution < 1.29 is 4.57 Å². The molecule has 2 heteroatoms. The van der Waals surface area contributed by atoms with Crippen molar-refractivity contribution in [3.63, 3.8) is 0 Å². The lowest BCUT2D eigenvalue weighted by Gasteiger charge is -2.13. The fraction of sp³-hybridized carbons (Fsp3) is 0.208. The first-order chi connectivity index (χ1) is 12.5. The summed E-state index contributed by atoms with van der Waals surface area (Å²) in [7, 11) is 2.16. The highest BCUT2D eigenvalue weighted by atomic mass is 14.9. The van der Waals surface area contributed by atoms with Crippen LogP contribution >= 0.6 is 0 Å². The van der Waals surface area contributed by atoms with Gasteiger partial charge >= 0.3 is 0 Å². The highest BCUT2D eigenvalue weighted by molar-refractivity contribution is 5.91. The van der Waals surface area contributed by atoms with Crippen LogP contribution in [0.1, 0.15) is 27.8 Å². The third kappa shape index (κ3) is 2.08. The number of fused-ring (bicyclic) bond motifs is 4. The predicted octanol–water partition coefficient (Wildman–Crippen LogP) is 4.93. The first kappa shape index (κ1) is 15.4. The van der Waals surface area contributed by atoms with E-state index >= 15 is 0 Å². The van der Waals surface area contributed by atoms with Gasteiger partial charge in [0.05, 0.1) is 5.56 Å². The standard InChI is InChI=1S/C24H23N2/c1-15-7-8-18-11-19-12-20-6-5-9-26(20)14-21(19)24(18)23(15)22-10-16(2)17(3)13-25(22)4/h5-10,12-14H,11H2,1-4H3/q+1. The third-order valence-corrected chi connectivity index (χ3v) is 5.90. The second-order valence-corrected chi connectivity index (χ2v) is 7.66. The number of pyridine rings is 2. The van der Waals surface area contributed by atoms with Crippen molar-refractivity contribution in [3.05, 3.63) is 82.8 Å². The van der Waals surface area contributed by atoms with Gasteiger partial charge < -0.3 is 4.40 Å². The molecule has 1 aliphatic rings. The van der Waals surface area contributed by atoms with E-state index in [1.165, 1.54) is 55.7 Å². The average molecular weight is 339 g/mol. The fourth-order valence-corrected chi connectivity index (χ4v) is 4.37. The number of aromatic nitrogens is 2. The SMILES string of the molecule is Cc1cc(-c2c(C)ccc3c2-c2cn4cccc4cc2C3)[n+](C)cc1C. The van der Waals surface area contributed by atoms with Gasteiger partial charge in [-0.1, -0.05) is 12.1 Å². The molecule has 0 N–H and O–H groups in total. The van der Waals surface area contributed by atoms with Gasteiger partial charge in [-0.3, -0.25) is 0 Å². The average Bonchev–Trinajstić information content (AvgIpc) is 3.20.